The second kappa shape index (κ2) is 9.99. The molecule has 1 aliphatic rings. The Hall–Kier alpha value is -2.24. The van der Waals surface area contributed by atoms with E-state index in [1.165, 1.54) is 0 Å². The molecule has 1 aliphatic heterocycles. The van der Waals surface area contributed by atoms with Crippen LogP contribution in [-0.2, 0) is 4.79 Å². The number of benzene rings is 2. The van der Waals surface area contributed by atoms with Gasteiger partial charge in [0.15, 0.2) is 11.5 Å². The van der Waals surface area contributed by atoms with Gasteiger partial charge in [-0.1, -0.05) is 36.2 Å². The Morgan fingerprint density at radius 3 is 2.38 bits per heavy atom. The van der Waals surface area contributed by atoms with E-state index in [4.69, 9.17) is 21.1 Å². The predicted molar refractivity (Wildman–Crippen MR) is 114 cm³/mol. The van der Waals surface area contributed by atoms with Gasteiger partial charge in [0.25, 0.3) is 0 Å². The third kappa shape index (κ3) is 5.03. The van der Waals surface area contributed by atoms with Gasteiger partial charge in [-0.25, -0.2) is 0 Å². The average molecular weight is 418 g/mol. The van der Waals surface area contributed by atoms with Gasteiger partial charge in [-0.15, -0.1) is 0 Å². The zero-order valence-corrected chi connectivity index (χ0v) is 17.7. The van der Waals surface area contributed by atoms with Crippen LogP contribution in [0.3, 0.4) is 0 Å². The summed E-state index contributed by atoms with van der Waals surface area (Å²) < 4.78 is 11.5. The molecule has 2 aromatic rings. The Bertz CT molecular complexity index is 824. The molecule has 0 aromatic heterocycles. The molecule has 2 atom stereocenters. The quantitative estimate of drug-likeness (QED) is 0.642. The first-order chi connectivity index (χ1) is 14.0. The maximum atomic E-state index is 12.0. The van der Waals surface area contributed by atoms with Gasteiger partial charge in [-0.05, 0) is 68.6 Å². The SMILES string of the molecule is CCOc1ccc(C(c2ccc(Cl)cc2)N2CCCCC2C(=O)O)cc1OCC. The third-order valence-electron chi connectivity index (χ3n) is 5.23. The highest BCUT2D eigenvalue weighted by atomic mass is 35.5. The molecule has 0 spiro atoms. The molecule has 6 heteroatoms. The number of nitrogens with zero attached hydrogens (tertiary/aromatic N) is 1. The van der Waals surface area contributed by atoms with E-state index in [2.05, 4.69) is 4.90 Å². The predicted octanol–water partition coefficient (Wildman–Crippen LogP) is 5.17. The van der Waals surface area contributed by atoms with Crippen LogP contribution in [0, 0.1) is 0 Å². The van der Waals surface area contributed by atoms with E-state index in [1.807, 2.05) is 56.3 Å². The third-order valence-corrected chi connectivity index (χ3v) is 5.48. The van der Waals surface area contributed by atoms with E-state index >= 15 is 0 Å². The van der Waals surface area contributed by atoms with Crippen LogP contribution in [0.15, 0.2) is 42.5 Å². The van der Waals surface area contributed by atoms with Crippen LogP contribution < -0.4 is 9.47 Å². The highest BCUT2D eigenvalue weighted by molar-refractivity contribution is 6.30. The first kappa shape index (κ1) is 21.5. The molecule has 2 aromatic carbocycles. The molecule has 1 saturated heterocycles. The summed E-state index contributed by atoms with van der Waals surface area (Å²) in [5.41, 5.74) is 1.99. The fraction of sp³-hybridized carbons (Fsp3) is 0.435. The smallest absolute Gasteiger partial charge is 0.320 e. The summed E-state index contributed by atoms with van der Waals surface area (Å²) in [5, 5.41) is 10.5. The minimum Gasteiger partial charge on any atom is -0.490 e. The summed E-state index contributed by atoms with van der Waals surface area (Å²) in [7, 11) is 0. The molecular formula is C23H28ClNO4. The second-order valence-electron chi connectivity index (χ2n) is 7.11. The summed E-state index contributed by atoms with van der Waals surface area (Å²) in [6.07, 6.45) is 2.55. The summed E-state index contributed by atoms with van der Waals surface area (Å²) >= 11 is 6.11. The zero-order chi connectivity index (χ0) is 20.8. The van der Waals surface area contributed by atoms with Crippen molar-refractivity contribution in [3.63, 3.8) is 0 Å². The van der Waals surface area contributed by atoms with E-state index in [-0.39, 0.29) is 6.04 Å². The van der Waals surface area contributed by atoms with Crippen molar-refractivity contribution < 1.29 is 19.4 Å². The molecular weight excluding hydrogens is 390 g/mol. The van der Waals surface area contributed by atoms with Crippen molar-refractivity contribution in [3.05, 3.63) is 58.6 Å². The van der Waals surface area contributed by atoms with E-state index in [1.54, 1.807) is 0 Å². The first-order valence-electron chi connectivity index (χ1n) is 10.2. The van der Waals surface area contributed by atoms with Gasteiger partial charge in [-0.3, -0.25) is 9.69 Å². The Morgan fingerprint density at radius 1 is 1.07 bits per heavy atom. The van der Waals surface area contributed by atoms with Gasteiger partial charge in [-0.2, -0.15) is 0 Å². The van der Waals surface area contributed by atoms with Crippen LogP contribution in [0.2, 0.25) is 5.02 Å². The zero-order valence-electron chi connectivity index (χ0n) is 16.9. The highest BCUT2D eigenvalue weighted by Gasteiger charge is 2.35. The summed E-state index contributed by atoms with van der Waals surface area (Å²) in [6, 6.07) is 12.8. The lowest BCUT2D eigenvalue weighted by Crippen LogP contribution is -2.46. The molecule has 1 N–H and O–H groups in total. The number of carboxylic acid groups (broad SMARTS) is 1. The number of hydrogen-bond donors (Lipinski definition) is 1. The molecule has 156 valence electrons. The maximum absolute atomic E-state index is 12.0. The molecule has 1 heterocycles. The summed E-state index contributed by atoms with van der Waals surface area (Å²) in [4.78, 5) is 14.1. The minimum absolute atomic E-state index is 0.205. The summed E-state index contributed by atoms with van der Waals surface area (Å²) in [6.45, 7) is 5.67. The van der Waals surface area contributed by atoms with E-state index in [0.717, 1.165) is 30.5 Å². The van der Waals surface area contributed by atoms with Crippen molar-refractivity contribution in [1.29, 1.82) is 0 Å². The van der Waals surface area contributed by atoms with Crippen LogP contribution in [-0.4, -0.2) is 41.8 Å². The van der Waals surface area contributed by atoms with Gasteiger partial charge >= 0.3 is 5.97 Å². The fourth-order valence-electron chi connectivity index (χ4n) is 3.99. The largest absolute Gasteiger partial charge is 0.490 e. The Labute approximate surface area is 177 Å². The maximum Gasteiger partial charge on any atom is 0.320 e. The van der Waals surface area contributed by atoms with Gasteiger partial charge < -0.3 is 14.6 Å². The van der Waals surface area contributed by atoms with Gasteiger partial charge in [0, 0.05) is 5.02 Å². The molecule has 0 radical (unpaired) electrons. The monoisotopic (exact) mass is 417 g/mol. The average Bonchev–Trinajstić information content (AvgIpc) is 2.72. The first-order valence-corrected chi connectivity index (χ1v) is 10.6. The number of halogens is 1. The number of ether oxygens (including phenoxy) is 2. The van der Waals surface area contributed by atoms with Crippen LogP contribution in [0.1, 0.15) is 50.3 Å². The Morgan fingerprint density at radius 2 is 1.72 bits per heavy atom. The van der Waals surface area contributed by atoms with Crippen molar-refractivity contribution in [1.82, 2.24) is 4.90 Å². The number of carboxylic acids is 1. The van der Waals surface area contributed by atoms with Gasteiger partial charge in [0.2, 0.25) is 0 Å². The minimum atomic E-state index is -0.778. The van der Waals surface area contributed by atoms with E-state index < -0.39 is 12.0 Å². The number of rotatable bonds is 8. The van der Waals surface area contributed by atoms with Crippen LogP contribution >= 0.6 is 11.6 Å². The molecule has 29 heavy (non-hydrogen) atoms. The number of aliphatic carboxylic acids is 1. The number of piperidine rings is 1. The summed E-state index contributed by atoms with van der Waals surface area (Å²) in [5.74, 6) is 0.593. The van der Waals surface area contributed by atoms with E-state index in [9.17, 15) is 9.90 Å². The fourth-order valence-corrected chi connectivity index (χ4v) is 4.11. The molecule has 2 unspecified atom stereocenters. The second-order valence-corrected chi connectivity index (χ2v) is 7.55. The lowest BCUT2D eigenvalue weighted by atomic mass is 9.91. The van der Waals surface area contributed by atoms with Crippen molar-refractivity contribution in [2.45, 2.75) is 45.2 Å². The van der Waals surface area contributed by atoms with E-state index in [0.29, 0.717) is 36.2 Å². The lowest BCUT2D eigenvalue weighted by molar-refractivity contribution is -0.145. The van der Waals surface area contributed by atoms with Gasteiger partial charge in [0.1, 0.15) is 6.04 Å². The van der Waals surface area contributed by atoms with Gasteiger partial charge in [0.05, 0.1) is 19.3 Å². The Balaban J connectivity index is 2.08. The number of hydrogen-bond acceptors (Lipinski definition) is 4. The van der Waals surface area contributed by atoms with Crippen LogP contribution in [0.5, 0.6) is 11.5 Å². The van der Waals surface area contributed by atoms with Crippen molar-refractivity contribution in [2.24, 2.45) is 0 Å². The molecule has 0 aliphatic carbocycles. The normalized spacial score (nSPS) is 18.2. The van der Waals surface area contributed by atoms with Crippen molar-refractivity contribution in [3.8, 4) is 11.5 Å². The highest BCUT2D eigenvalue weighted by Crippen LogP contribution is 2.38. The van der Waals surface area contributed by atoms with Crippen molar-refractivity contribution >= 4 is 17.6 Å². The molecule has 0 saturated carbocycles. The number of carbonyl (C=O) groups is 1. The van der Waals surface area contributed by atoms with Crippen molar-refractivity contribution in [2.75, 3.05) is 19.8 Å². The molecule has 3 rings (SSSR count). The molecule has 0 amide bonds. The Kier molecular flexibility index (Phi) is 7.40. The molecule has 5 nitrogen and oxygen atoms in total. The number of likely N-dealkylation sites (tertiary alicyclic amines) is 1. The lowest BCUT2D eigenvalue weighted by Gasteiger charge is -2.39. The topological polar surface area (TPSA) is 59.0 Å². The molecule has 1 fully saturated rings. The van der Waals surface area contributed by atoms with Crippen LogP contribution in [0.25, 0.3) is 0 Å². The standard InChI is InChI=1S/C23H28ClNO4/c1-3-28-20-13-10-17(15-21(20)29-4-2)22(16-8-11-18(24)12-9-16)25-14-6-5-7-19(25)23(26)27/h8-13,15,19,22H,3-7,14H2,1-2H3,(H,26,27). The van der Waals surface area contributed by atoms with Crippen LogP contribution in [0.4, 0.5) is 0 Å². The molecule has 0 bridgehead atoms.